The fourth-order valence-corrected chi connectivity index (χ4v) is 20.3. The third-order valence-electron chi connectivity index (χ3n) is 27.6. The fraction of sp³-hybridized carbons (Fsp3) is 0.285. The highest BCUT2D eigenvalue weighted by atomic mass is 16.5. The number of aryl methyl sites for hydroxylation is 11. The first-order chi connectivity index (χ1) is 61.4. The van der Waals surface area contributed by atoms with Crippen molar-refractivity contribution >= 4 is 120 Å². The molecule has 638 valence electrons. The molecule has 126 heavy (non-hydrogen) atoms. The number of nitrogens with zero attached hydrogens (tertiary/aromatic N) is 2. The Bertz CT molecular complexity index is 6210. The molecule has 3 heteroatoms. The van der Waals surface area contributed by atoms with Gasteiger partial charge in [0.15, 0.2) is 11.5 Å². The summed E-state index contributed by atoms with van der Waals surface area (Å²) in [6.45, 7) is 33.2. The highest BCUT2D eigenvalue weighted by molar-refractivity contribution is 6.35. The normalized spacial score (nSPS) is 12.6. The van der Waals surface area contributed by atoms with E-state index in [1.807, 2.05) is 0 Å². The van der Waals surface area contributed by atoms with E-state index in [0.29, 0.717) is 5.92 Å². The monoisotopic (exact) mass is 1650 g/mol. The Kier molecular flexibility index (Phi) is 27.2. The minimum absolute atomic E-state index is 0.234. The van der Waals surface area contributed by atoms with Crippen molar-refractivity contribution in [3.63, 3.8) is 0 Å². The predicted molar refractivity (Wildman–Crippen MR) is 551 cm³/mol. The van der Waals surface area contributed by atoms with Crippen molar-refractivity contribution < 1.29 is 4.74 Å². The van der Waals surface area contributed by atoms with Crippen molar-refractivity contribution in [3.8, 4) is 22.6 Å². The molecule has 1 aliphatic carbocycles. The second-order valence-electron chi connectivity index (χ2n) is 36.9. The minimum atomic E-state index is 0.234. The highest BCUT2D eigenvalue weighted by Gasteiger charge is 2.42. The first-order valence-corrected chi connectivity index (χ1v) is 47.5. The summed E-state index contributed by atoms with van der Waals surface area (Å²) in [4.78, 5) is 4.62. The molecule has 18 aromatic carbocycles. The van der Waals surface area contributed by atoms with Crippen molar-refractivity contribution in [1.29, 1.82) is 0 Å². The van der Waals surface area contributed by atoms with Gasteiger partial charge in [-0.1, -0.05) is 359 Å². The van der Waals surface area contributed by atoms with Gasteiger partial charge in [0.1, 0.15) is 0 Å². The zero-order valence-electron chi connectivity index (χ0n) is 77.8. The molecule has 0 radical (unpaired) electrons. The highest BCUT2D eigenvalue weighted by Crippen LogP contribution is 2.56. The van der Waals surface area contributed by atoms with Gasteiger partial charge in [-0.05, 0) is 333 Å². The Hall–Kier alpha value is -12.0. The summed E-state index contributed by atoms with van der Waals surface area (Å²) >= 11 is 0. The van der Waals surface area contributed by atoms with Gasteiger partial charge in [-0.2, -0.15) is 0 Å². The third-order valence-corrected chi connectivity index (χ3v) is 27.6. The lowest BCUT2D eigenvalue weighted by Gasteiger charge is -2.33. The van der Waals surface area contributed by atoms with Crippen molar-refractivity contribution in [2.45, 2.75) is 231 Å². The second-order valence-corrected chi connectivity index (χ2v) is 36.9. The molecule has 1 unspecified atom stereocenters. The summed E-state index contributed by atoms with van der Waals surface area (Å²) < 4.78 is 6.23. The summed E-state index contributed by atoms with van der Waals surface area (Å²) in [5.41, 5.74) is 29.4. The van der Waals surface area contributed by atoms with E-state index in [0.717, 1.165) is 29.3 Å². The maximum absolute atomic E-state index is 6.23. The van der Waals surface area contributed by atoms with Gasteiger partial charge in [0.05, 0.1) is 11.4 Å². The molecule has 2 aliphatic rings. The largest absolute Gasteiger partial charge is 0.453 e. The van der Waals surface area contributed by atoms with Crippen molar-refractivity contribution in [1.82, 2.24) is 0 Å². The molecule has 0 bridgehead atoms. The van der Waals surface area contributed by atoms with Crippen molar-refractivity contribution in [3.05, 3.63) is 369 Å². The van der Waals surface area contributed by atoms with Gasteiger partial charge in [0.25, 0.3) is 0 Å². The topological polar surface area (TPSA) is 15.7 Å². The second kappa shape index (κ2) is 39.2. The Labute approximate surface area is 752 Å². The molecule has 0 saturated heterocycles. The Morgan fingerprint density at radius 3 is 0.976 bits per heavy atom. The molecule has 18 aromatic rings. The fourth-order valence-electron chi connectivity index (χ4n) is 20.3. The maximum Gasteiger partial charge on any atom is 0.151 e. The zero-order chi connectivity index (χ0) is 87.7. The van der Waals surface area contributed by atoms with Crippen LogP contribution in [0, 0.1) is 69.2 Å². The number of rotatable bonds is 23. The quantitative estimate of drug-likeness (QED) is 0.0361. The molecule has 0 aromatic heterocycles. The summed E-state index contributed by atoms with van der Waals surface area (Å²) in [6.07, 6.45) is 24.0. The van der Waals surface area contributed by atoms with Gasteiger partial charge < -0.3 is 14.5 Å². The smallest absolute Gasteiger partial charge is 0.151 e. The number of ether oxygens (including phenoxy) is 1. The van der Waals surface area contributed by atoms with Crippen LogP contribution in [-0.4, -0.2) is 0 Å². The lowest BCUT2D eigenvalue weighted by Crippen LogP contribution is -2.25. The van der Waals surface area contributed by atoms with Gasteiger partial charge >= 0.3 is 0 Å². The average Bonchev–Trinajstić information content (AvgIpc) is 1.67. The number of hydrogen-bond acceptors (Lipinski definition) is 3. The average molecular weight is 1650 g/mol. The molecule has 3 nitrogen and oxygen atoms in total. The first kappa shape index (κ1) is 87.4. The van der Waals surface area contributed by atoms with E-state index < -0.39 is 0 Å². The Morgan fingerprint density at radius 2 is 0.611 bits per heavy atom. The van der Waals surface area contributed by atoms with Crippen LogP contribution in [-0.2, 0) is 11.8 Å². The van der Waals surface area contributed by atoms with Gasteiger partial charge in [0.2, 0.25) is 0 Å². The molecular weight excluding hydrogens is 1520 g/mol. The van der Waals surface area contributed by atoms with Crippen LogP contribution < -0.4 is 14.5 Å². The number of benzene rings is 18. The number of anilines is 6. The van der Waals surface area contributed by atoms with E-state index in [1.54, 1.807) is 11.1 Å². The molecule has 1 aliphatic heterocycles. The Morgan fingerprint density at radius 1 is 0.294 bits per heavy atom. The van der Waals surface area contributed by atoms with Crippen LogP contribution in [0.15, 0.2) is 291 Å². The van der Waals surface area contributed by atoms with Gasteiger partial charge in [-0.15, -0.1) is 0 Å². The summed E-state index contributed by atoms with van der Waals surface area (Å²) in [6, 6.07) is 108. The standard InChI is InChI=1S/C31H46.C24H25NO.C24H27N.2C22H16/c1-5-7-9-11-13-15-21-31(22-16-14-12-10-8-6-2)29-23-25(3)17-19-27(29)28-20-18-26(4)24-30(28)31;1-4-5-6-19-9-11-20(12-10-19)25-21-13-7-17(2)15-23(21)26-24-16-18(3)8-14-22(24)25;1-5-20(4)21-10-16-24(17-11-21)25(22-12-6-18(2)7-13-22)23-14-8-19(3)9-15-23;1-13-9-11-19-18-8-4-6-16-14(2)10-12-20(22(16)18)17-7-3-5-15(13)21(17)19;1-13-9-11-19-20-12-10-14(2)16-6-4-8-18(22(16)20)17-7-3-5-15(13)21(17)19/h17-20,23-24H,5-16,21-22H2,1-4H3;7-16H,4-6H2,1-3H3;6-17,20H,5H2,1-4H3;2*3-12H,1-2H3. The van der Waals surface area contributed by atoms with Crippen LogP contribution in [0.2, 0.25) is 0 Å². The lowest BCUT2D eigenvalue weighted by atomic mass is 9.70. The molecule has 0 N–H and O–H groups in total. The van der Waals surface area contributed by atoms with Crippen LogP contribution in [0.25, 0.3) is 97.3 Å². The molecule has 0 spiro atoms. The molecular formula is C123H130N2O. The molecule has 1 atom stereocenters. The molecule has 0 fully saturated rings. The predicted octanol–water partition coefficient (Wildman–Crippen LogP) is 37.3. The number of hydrogen-bond donors (Lipinski definition) is 0. The van der Waals surface area contributed by atoms with Crippen LogP contribution >= 0.6 is 0 Å². The van der Waals surface area contributed by atoms with Gasteiger partial charge in [0, 0.05) is 28.2 Å². The summed E-state index contributed by atoms with van der Waals surface area (Å²) in [5.74, 6) is 2.43. The van der Waals surface area contributed by atoms with Gasteiger partial charge in [-0.25, -0.2) is 0 Å². The van der Waals surface area contributed by atoms with Gasteiger partial charge in [-0.3, -0.25) is 0 Å². The number of fused-ring (bicyclic) bond motifs is 9. The van der Waals surface area contributed by atoms with Crippen LogP contribution in [0.3, 0.4) is 0 Å². The van der Waals surface area contributed by atoms with E-state index in [1.165, 1.54) is 296 Å². The van der Waals surface area contributed by atoms with E-state index in [9.17, 15) is 0 Å². The van der Waals surface area contributed by atoms with E-state index >= 15 is 0 Å². The Balaban J connectivity index is 0.000000117. The molecule has 0 amide bonds. The van der Waals surface area contributed by atoms with Crippen LogP contribution in [0.5, 0.6) is 11.5 Å². The maximum atomic E-state index is 6.23. The van der Waals surface area contributed by atoms with E-state index in [4.69, 9.17) is 4.74 Å². The first-order valence-electron chi connectivity index (χ1n) is 47.5. The molecule has 0 saturated carbocycles. The summed E-state index contributed by atoms with van der Waals surface area (Å²) in [7, 11) is 0. The van der Waals surface area contributed by atoms with Crippen molar-refractivity contribution in [2.75, 3.05) is 9.80 Å². The number of unbranched alkanes of at least 4 members (excludes halogenated alkanes) is 11. The minimum Gasteiger partial charge on any atom is -0.453 e. The lowest BCUT2D eigenvalue weighted by molar-refractivity contribution is 0.397. The van der Waals surface area contributed by atoms with E-state index in [2.05, 4.69) is 405 Å². The third kappa shape index (κ3) is 18.1. The van der Waals surface area contributed by atoms with E-state index in [-0.39, 0.29) is 5.41 Å². The zero-order valence-corrected chi connectivity index (χ0v) is 77.8. The van der Waals surface area contributed by atoms with Crippen LogP contribution in [0.4, 0.5) is 34.1 Å². The van der Waals surface area contributed by atoms with Crippen molar-refractivity contribution in [2.24, 2.45) is 0 Å². The SMILES string of the molecule is CCC(C)c1ccc(N(c2ccc(C)cc2)c2ccc(C)cc2)cc1.CCCCCCCCC1(CCCCCCCC)c2cc(C)ccc2-c2ccc(C)cc21.CCCCc1ccc(N2c3ccc(C)cc3Oc3cc(C)ccc32)cc1.Cc1ccc2c3ccc(C)c4cccc(c5cccc1c52)c43.Cc1ccc2c3cccc4c(C)ccc(c5cccc1c52)c43. The summed E-state index contributed by atoms with van der Waals surface area (Å²) in [5, 5.41) is 22.1. The molecule has 20 rings (SSSR count). The molecule has 1 heterocycles. The van der Waals surface area contributed by atoms with Crippen LogP contribution in [0.1, 0.15) is 228 Å².